The van der Waals surface area contributed by atoms with E-state index in [0.29, 0.717) is 17.5 Å². The van der Waals surface area contributed by atoms with Crippen molar-refractivity contribution in [3.63, 3.8) is 0 Å². The lowest BCUT2D eigenvalue weighted by Crippen LogP contribution is -1.99. The third kappa shape index (κ3) is 2.87. The van der Waals surface area contributed by atoms with Gasteiger partial charge < -0.3 is 10.3 Å². The Morgan fingerprint density at radius 1 is 1.15 bits per heavy atom. The van der Waals surface area contributed by atoms with Gasteiger partial charge >= 0.3 is 0 Å². The lowest BCUT2D eigenvalue weighted by Gasteiger charge is -2.07. The molecule has 0 unspecified atom stereocenters. The van der Waals surface area contributed by atoms with Crippen LogP contribution in [0.3, 0.4) is 0 Å². The first-order valence-corrected chi connectivity index (χ1v) is 7.92. The highest BCUT2D eigenvalue weighted by molar-refractivity contribution is 9.10. The van der Waals surface area contributed by atoms with Crippen molar-refractivity contribution >= 4 is 21.6 Å². The fourth-order valence-electron chi connectivity index (χ4n) is 2.78. The predicted octanol–water partition coefficient (Wildman–Crippen LogP) is 4.52. The maximum atomic E-state index is 6.01. The molecule has 3 rings (SSSR count). The number of halogens is 1. The van der Waals surface area contributed by atoms with E-state index in [1.165, 1.54) is 25.7 Å². The first-order chi connectivity index (χ1) is 9.74. The number of aromatic nitrogens is 2. The maximum Gasteiger partial charge on any atom is 0.260 e. The normalized spacial score (nSPS) is 17.1. The molecule has 2 aromatic rings. The SMILES string of the molecule is Nc1cc(Br)ccc1-c1nc(C2CCCCCC2)no1. The van der Waals surface area contributed by atoms with Gasteiger partial charge in [-0.1, -0.05) is 46.8 Å². The summed E-state index contributed by atoms with van der Waals surface area (Å²) in [4.78, 5) is 4.56. The van der Waals surface area contributed by atoms with E-state index >= 15 is 0 Å². The Balaban J connectivity index is 1.85. The molecule has 0 radical (unpaired) electrons. The summed E-state index contributed by atoms with van der Waals surface area (Å²) in [7, 11) is 0. The van der Waals surface area contributed by atoms with E-state index in [0.717, 1.165) is 28.7 Å². The number of nitrogens with two attached hydrogens (primary N) is 1. The number of anilines is 1. The van der Waals surface area contributed by atoms with Crippen LogP contribution in [-0.4, -0.2) is 10.1 Å². The summed E-state index contributed by atoms with van der Waals surface area (Å²) in [6.45, 7) is 0. The summed E-state index contributed by atoms with van der Waals surface area (Å²) in [6.07, 6.45) is 7.48. The topological polar surface area (TPSA) is 64.9 Å². The highest BCUT2D eigenvalue weighted by Gasteiger charge is 2.21. The maximum absolute atomic E-state index is 6.01. The van der Waals surface area contributed by atoms with Gasteiger partial charge in [0.15, 0.2) is 5.82 Å². The Bertz CT molecular complexity index is 589. The van der Waals surface area contributed by atoms with Crippen molar-refractivity contribution in [2.75, 3.05) is 5.73 Å². The van der Waals surface area contributed by atoms with Crippen molar-refractivity contribution in [2.45, 2.75) is 44.4 Å². The van der Waals surface area contributed by atoms with Gasteiger partial charge in [0.25, 0.3) is 5.89 Å². The van der Waals surface area contributed by atoms with Gasteiger partial charge in [0.2, 0.25) is 0 Å². The minimum atomic E-state index is 0.437. The number of nitrogens with zero attached hydrogens (tertiary/aromatic N) is 2. The first kappa shape index (κ1) is 13.6. The van der Waals surface area contributed by atoms with Gasteiger partial charge in [-0.2, -0.15) is 4.98 Å². The standard InChI is InChI=1S/C15H18BrN3O/c16-11-7-8-12(13(17)9-11)15-18-14(19-20-15)10-5-3-1-2-4-6-10/h7-10H,1-6,17H2. The van der Waals surface area contributed by atoms with Gasteiger partial charge in [-0.3, -0.25) is 0 Å². The van der Waals surface area contributed by atoms with Crippen LogP contribution >= 0.6 is 15.9 Å². The van der Waals surface area contributed by atoms with E-state index in [1.807, 2.05) is 18.2 Å². The summed E-state index contributed by atoms with van der Waals surface area (Å²) in [6, 6.07) is 5.69. The predicted molar refractivity (Wildman–Crippen MR) is 82.3 cm³/mol. The van der Waals surface area contributed by atoms with Crippen LogP contribution in [0.15, 0.2) is 27.2 Å². The van der Waals surface area contributed by atoms with Crippen LogP contribution in [0.4, 0.5) is 5.69 Å². The zero-order chi connectivity index (χ0) is 13.9. The summed E-state index contributed by atoms with van der Waals surface area (Å²) in [5, 5.41) is 4.17. The third-order valence-electron chi connectivity index (χ3n) is 3.91. The Morgan fingerprint density at radius 2 is 1.90 bits per heavy atom. The molecular formula is C15H18BrN3O. The fraction of sp³-hybridized carbons (Fsp3) is 0.467. The lowest BCUT2D eigenvalue weighted by molar-refractivity contribution is 0.410. The molecule has 0 aliphatic heterocycles. The van der Waals surface area contributed by atoms with E-state index in [-0.39, 0.29) is 0 Å². The van der Waals surface area contributed by atoms with E-state index in [9.17, 15) is 0 Å². The van der Waals surface area contributed by atoms with Crippen LogP contribution in [0, 0.1) is 0 Å². The minimum Gasteiger partial charge on any atom is -0.398 e. The summed E-state index contributed by atoms with van der Waals surface area (Å²) in [5.41, 5.74) is 7.46. The molecule has 5 heteroatoms. The summed E-state index contributed by atoms with van der Waals surface area (Å²) in [5.74, 6) is 1.80. The summed E-state index contributed by atoms with van der Waals surface area (Å²) < 4.78 is 6.36. The van der Waals surface area contributed by atoms with Crippen molar-refractivity contribution in [1.29, 1.82) is 0 Å². The molecule has 1 saturated carbocycles. The molecule has 1 heterocycles. The number of hydrogen-bond donors (Lipinski definition) is 1. The molecule has 0 atom stereocenters. The van der Waals surface area contributed by atoms with Crippen molar-refractivity contribution in [3.8, 4) is 11.5 Å². The van der Waals surface area contributed by atoms with E-state index in [1.54, 1.807) is 0 Å². The molecule has 1 aliphatic carbocycles. The highest BCUT2D eigenvalue weighted by Crippen LogP contribution is 2.32. The quantitative estimate of drug-likeness (QED) is 0.647. The average molecular weight is 336 g/mol. The van der Waals surface area contributed by atoms with Crippen LogP contribution in [0.5, 0.6) is 0 Å². The van der Waals surface area contributed by atoms with Gasteiger partial charge in [0, 0.05) is 16.1 Å². The first-order valence-electron chi connectivity index (χ1n) is 7.13. The molecule has 1 aliphatic rings. The molecule has 20 heavy (non-hydrogen) atoms. The fourth-order valence-corrected chi connectivity index (χ4v) is 3.15. The molecular weight excluding hydrogens is 318 g/mol. The Hall–Kier alpha value is -1.36. The second kappa shape index (κ2) is 5.95. The molecule has 1 fully saturated rings. The molecule has 0 amide bonds. The van der Waals surface area contributed by atoms with Gasteiger partial charge in [-0.15, -0.1) is 0 Å². The molecule has 4 nitrogen and oxygen atoms in total. The lowest BCUT2D eigenvalue weighted by atomic mass is 10.00. The zero-order valence-corrected chi connectivity index (χ0v) is 12.9. The van der Waals surface area contributed by atoms with Gasteiger partial charge in [-0.25, -0.2) is 0 Å². The van der Waals surface area contributed by atoms with Crippen molar-refractivity contribution < 1.29 is 4.52 Å². The van der Waals surface area contributed by atoms with E-state index in [2.05, 4.69) is 26.1 Å². The second-order valence-corrected chi connectivity index (χ2v) is 6.29. The van der Waals surface area contributed by atoms with Gasteiger partial charge in [0.1, 0.15) is 0 Å². The molecule has 0 saturated heterocycles. The smallest absolute Gasteiger partial charge is 0.260 e. The molecule has 0 spiro atoms. The second-order valence-electron chi connectivity index (χ2n) is 5.38. The van der Waals surface area contributed by atoms with Crippen molar-refractivity contribution in [3.05, 3.63) is 28.5 Å². The molecule has 1 aromatic heterocycles. The third-order valence-corrected chi connectivity index (χ3v) is 4.40. The van der Waals surface area contributed by atoms with E-state index in [4.69, 9.17) is 10.3 Å². The van der Waals surface area contributed by atoms with Gasteiger partial charge in [-0.05, 0) is 31.0 Å². The minimum absolute atomic E-state index is 0.437. The van der Waals surface area contributed by atoms with Gasteiger partial charge in [0.05, 0.1) is 5.56 Å². The number of hydrogen-bond acceptors (Lipinski definition) is 4. The molecule has 0 bridgehead atoms. The largest absolute Gasteiger partial charge is 0.398 e. The van der Waals surface area contributed by atoms with Crippen LogP contribution in [0.1, 0.15) is 50.3 Å². The molecule has 106 valence electrons. The number of benzene rings is 1. The Morgan fingerprint density at radius 3 is 2.60 bits per heavy atom. The summed E-state index contributed by atoms with van der Waals surface area (Å²) >= 11 is 3.40. The van der Waals surface area contributed by atoms with Crippen LogP contribution in [0.2, 0.25) is 0 Å². The van der Waals surface area contributed by atoms with E-state index < -0.39 is 0 Å². The monoisotopic (exact) mass is 335 g/mol. The van der Waals surface area contributed by atoms with Crippen LogP contribution in [-0.2, 0) is 0 Å². The number of nitrogen functional groups attached to an aromatic ring is 1. The van der Waals surface area contributed by atoms with Crippen LogP contribution < -0.4 is 5.73 Å². The average Bonchev–Trinajstić information content (AvgIpc) is 2.74. The highest BCUT2D eigenvalue weighted by atomic mass is 79.9. The van der Waals surface area contributed by atoms with Crippen LogP contribution in [0.25, 0.3) is 11.5 Å². The van der Waals surface area contributed by atoms with Crippen molar-refractivity contribution in [2.24, 2.45) is 0 Å². The Labute approximate surface area is 126 Å². The molecule has 2 N–H and O–H groups in total. The Kier molecular flexibility index (Phi) is 4.05. The van der Waals surface area contributed by atoms with Crippen molar-refractivity contribution in [1.82, 2.24) is 10.1 Å². The zero-order valence-electron chi connectivity index (χ0n) is 11.3. The molecule has 1 aromatic carbocycles. The number of rotatable bonds is 2.